The zero-order chi connectivity index (χ0) is 16.1. The Balaban J connectivity index is 2.08. The van der Waals surface area contributed by atoms with Gasteiger partial charge in [-0.05, 0) is 64.0 Å². The molecule has 1 saturated heterocycles. The summed E-state index contributed by atoms with van der Waals surface area (Å²) in [4.78, 5) is 13.9. The smallest absolute Gasteiger partial charge is 0.239 e. The summed E-state index contributed by atoms with van der Waals surface area (Å²) in [5, 5.41) is 3.16. The maximum Gasteiger partial charge on any atom is 0.239 e. The number of hydrogen-bond acceptors (Lipinski definition) is 3. The van der Waals surface area contributed by atoms with Crippen molar-refractivity contribution >= 4 is 21.8 Å². The van der Waals surface area contributed by atoms with Crippen molar-refractivity contribution in [1.29, 1.82) is 0 Å². The summed E-state index contributed by atoms with van der Waals surface area (Å²) in [5.74, 6) is -0.225. The van der Waals surface area contributed by atoms with E-state index in [0.29, 0.717) is 16.0 Å². The van der Waals surface area contributed by atoms with Crippen LogP contribution >= 0.6 is 15.9 Å². The SMILES string of the molecule is CNCCC1CCN(C(C(N)=O)c2ccc(Br)cc2F)CC1. The molecule has 122 valence electrons. The maximum atomic E-state index is 14.2. The van der Waals surface area contributed by atoms with Crippen LogP contribution in [0.5, 0.6) is 0 Å². The van der Waals surface area contributed by atoms with Crippen molar-refractivity contribution in [2.45, 2.75) is 25.3 Å². The molecule has 1 atom stereocenters. The van der Waals surface area contributed by atoms with Gasteiger partial charge < -0.3 is 11.1 Å². The van der Waals surface area contributed by atoms with Crippen LogP contribution in [-0.2, 0) is 4.79 Å². The van der Waals surface area contributed by atoms with E-state index in [0.717, 1.165) is 38.9 Å². The Bertz CT molecular complexity index is 518. The van der Waals surface area contributed by atoms with Gasteiger partial charge in [0, 0.05) is 10.0 Å². The first kappa shape index (κ1) is 17.4. The molecule has 22 heavy (non-hydrogen) atoms. The van der Waals surface area contributed by atoms with Gasteiger partial charge in [-0.15, -0.1) is 0 Å². The van der Waals surface area contributed by atoms with Gasteiger partial charge in [-0.3, -0.25) is 9.69 Å². The molecule has 4 nitrogen and oxygen atoms in total. The number of nitrogens with zero attached hydrogens (tertiary/aromatic N) is 1. The lowest BCUT2D eigenvalue weighted by Gasteiger charge is -2.36. The number of benzene rings is 1. The molecule has 1 unspecified atom stereocenters. The van der Waals surface area contributed by atoms with Crippen molar-refractivity contribution in [3.63, 3.8) is 0 Å². The van der Waals surface area contributed by atoms with Crippen LogP contribution in [0.15, 0.2) is 22.7 Å². The number of nitrogens with two attached hydrogens (primary N) is 1. The summed E-state index contributed by atoms with van der Waals surface area (Å²) in [6.45, 7) is 2.56. The van der Waals surface area contributed by atoms with E-state index in [1.807, 2.05) is 11.9 Å². The molecule has 6 heteroatoms. The molecule has 0 saturated carbocycles. The van der Waals surface area contributed by atoms with Gasteiger partial charge in [0.15, 0.2) is 0 Å². The Labute approximate surface area is 139 Å². The first-order chi connectivity index (χ1) is 10.5. The Morgan fingerprint density at radius 3 is 2.73 bits per heavy atom. The van der Waals surface area contributed by atoms with Gasteiger partial charge in [-0.1, -0.05) is 22.0 Å². The molecule has 1 aliphatic rings. The quantitative estimate of drug-likeness (QED) is 0.807. The summed E-state index contributed by atoms with van der Waals surface area (Å²) < 4.78 is 14.8. The third-order valence-electron chi connectivity index (χ3n) is 4.34. The summed E-state index contributed by atoms with van der Waals surface area (Å²) in [7, 11) is 1.95. The number of carbonyl (C=O) groups is 1. The highest BCUT2D eigenvalue weighted by molar-refractivity contribution is 9.10. The van der Waals surface area contributed by atoms with E-state index >= 15 is 0 Å². The number of amides is 1. The number of carbonyl (C=O) groups excluding carboxylic acids is 1. The average molecular weight is 372 g/mol. The molecule has 1 fully saturated rings. The van der Waals surface area contributed by atoms with Crippen LogP contribution in [0.3, 0.4) is 0 Å². The Morgan fingerprint density at radius 1 is 1.50 bits per heavy atom. The fraction of sp³-hybridized carbons (Fsp3) is 0.562. The molecule has 0 aliphatic carbocycles. The summed E-state index contributed by atoms with van der Waals surface area (Å²) >= 11 is 3.23. The lowest BCUT2D eigenvalue weighted by Crippen LogP contribution is -2.43. The van der Waals surface area contributed by atoms with Crippen molar-refractivity contribution < 1.29 is 9.18 Å². The molecule has 1 aliphatic heterocycles. The first-order valence-corrected chi connectivity index (χ1v) is 8.45. The van der Waals surface area contributed by atoms with E-state index in [-0.39, 0.29) is 0 Å². The number of halogens is 2. The number of piperidine rings is 1. The maximum absolute atomic E-state index is 14.2. The molecule has 2 rings (SSSR count). The van der Waals surface area contributed by atoms with Crippen LogP contribution in [0.2, 0.25) is 0 Å². The third kappa shape index (κ3) is 4.27. The van der Waals surface area contributed by atoms with Gasteiger partial charge in [-0.25, -0.2) is 4.39 Å². The first-order valence-electron chi connectivity index (χ1n) is 7.66. The molecule has 1 aromatic rings. The van der Waals surface area contributed by atoms with Gasteiger partial charge in [-0.2, -0.15) is 0 Å². The monoisotopic (exact) mass is 371 g/mol. The van der Waals surface area contributed by atoms with Crippen LogP contribution in [0, 0.1) is 11.7 Å². The molecule has 0 spiro atoms. The predicted molar refractivity (Wildman–Crippen MR) is 88.9 cm³/mol. The van der Waals surface area contributed by atoms with E-state index in [2.05, 4.69) is 21.2 Å². The lowest BCUT2D eigenvalue weighted by molar-refractivity contribution is -0.124. The molecule has 1 amide bonds. The minimum absolute atomic E-state index is 0.365. The van der Waals surface area contributed by atoms with Crippen LogP contribution in [-0.4, -0.2) is 37.5 Å². The predicted octanol–water partition coefficient (Wildman–Crippen LogP) is 2.44. The second-order valence-electron chi connectivity index (χ2n) is 5.84. The van der Waals surface area contributed by atoms with Crippen LogP contribution in [0.4, 0.5) is 4.39 Å². The molecule has 0 bridgehead atoms. The second kappa shape index (κ2) is 8.04. The Hall–Kier alpha value is -0.980. The molecular formula is C16H23BrFN3O. The lowest BCUT2D eigenvalue weighted by atomic mass is 9.91. The minimum Gasteiger partial charge on any atom is -0.368 e. The van der Waals surface area contributed by atoms with Crippen LogP contribution in [0.25, 0.3) is 0 Å². The standard InChI is InChI=1S/C16H23BrFN3O/c1-20-7-4-11-5-8-21(9-6-11)15(16(19)22)13-3-2-12(17)10-14(13)18/h2-3,10-11,15,20H,4-9H2,1H3,(H2,19,22). The van der Waals surface area contributed by atoms with Gasteiger partial charge in [0.05, 0.1) is 0 Å². The number of rotatable bonds is 6. The largest absolute Gasteiger partial charge is 0.368 e. The van der Waals surface area contributed by atoms with Crippen molar-refractivity contribution in [2.24, 2.45) is 11.7 Å². The van der Waals surface area contributed by atoms with Crippen molar-refractivity contribution in [2.75, 3.05) is 26.7 Å². The van der Waals surface area contributed by atoms with Crippen molar-refractivity contribution in [1.82, 2.24) is 10.2 Å². The van der Waals surface area contributed by atoms with E-state index in [1.54, 1.807) is 12.1 Å². The zero-order valence-corrected chi connectivity index (χ0v) is 14.4. The van der Waals surface area contributed by atoms with E-state index in [9.17, 15) is 9.18 Å². The molecule has 1 heterocycles. The second-order valence-corrected chi connectivity index (χ2v) is 6.76. The highest BCUT2D eigenvalue weighted by atomic mass is 79.9. The normalized spacial score (nSPS) is 18.3. The van der Waals surface area contributed by atoms with Gasteiger partial charge in [0.2, 0.25) is 5.91 Å². The third-order valence-corrected chi connectivity index (χ3v) is 4.84. The van der Waals surface area contributed by atoms with Crippen LogP contribution < -0.4 is 11.1 Å². The Morgan fingerprint density at radius 2 is 2.18 bits per heavy atom. The van der Waals surface area contributed by atoms with E-state index in [1.165, 1.54) is 6.07 Å². The molecule has 0 radical (unpaired) electrons. The van der Waals surface area contributed by atoms with Crippen LogP contribution in [0.1, 0.15) is 30.9 Å². The fourth-order valence-electron chi connectivity index (χ4n) is 3.10. The van der Waals surface area contributed by atoms with E-state index in [4.69, 9.17) is 5.73 Å². The van der Waals surface area contributed by atoms with Gasteiger partial charge in [0.1, 0.15) is 11.9 Å². The Kier molecular flexibility index (Phi) is 6.35. The molecule has 1 aromatic carbocycles. The summed E-state index contributed by atoms with van der Waals surface area (Å²) in [6, 6.07) is 4.08. The highest BCUT2D eigenvalue weighted by Crippen LogP contribution is 2.30. The van der Waals surface area contributed by atoms with Crippen molar-refractivity contribution in [3.05, 3.63) is 34.1 Å². The minimum atomic E-state index is -0.682. The van der Waals surface area contributed by atoms with E-state index < -0.39 is 17.8 Å². The highest BCUT2D eigenvalue weighted by Gasteiger charge is 2.31. The molecule has 0 aromatic heterocycles. The topological polar surface area (TPSA) is 58.4 Å². The molecule has 3 N–H and O–H groups in total. The fourth-order valence-corrected chi connectivity index (χ4v) is 3.43. The number of hydrogen-bond donors (Lipinski definition) is 2. The average Bonchev–Trinajstić information content (AvgIpc) is 2.48. The number of likely N-dealkylation sites (tertiary alicyclic amines) is 1. The summed E-state index contributed by atoms with van der Waals surface area (Å²) in [5.41, 5.74) is 5.92. The number of primary amides is 1. The van der Waals surface area contributed by atoms with Gasteiger partial charge in [0.25, 0.3) is 0 Å². The van der Waals surface area contributed by atoms with Crippen molar-refractivity contribution in [3.8, 4) is 0 Å². The molecular weight excluding hydrogens is 349 g/mol. The van der Waals surface area contributed by atoms with Gasteiger partial charge >= 0.3 is 0 Å². The zero-order valence-electron chi connectivity index (χ0n) is 12.8. The summed E-state index contributed by atoms with van der Waals surface area (Å²) in [6.07, 6.45) is 3.17. The number of nitrogens with one attached hydrogen (secondary N) is 1.